The van der Waals surface area contributed by atoms with Crippen LogP contribution in [-0.4, -0.2) is 29.7 Å². The predicted octanol–water partition coefficient (Wildman–Crippen LogP) is 5.22. The van der Waals surface area contributed by atoms with Gasteiger partial charge in [-0.3, -0.25) is 20.2 Å². The minimum absolute atomic E-state index is 0.100. The molecule has 180 valence electrons. The largest absolute Gasteiger partial charge is 0.487 e. The van der Waals surface area contributed by atoms with Gasteiger partial charge >= 0.3 is 11.8 Å². The van der Waals surface area contributed by atoms with Crippen LogP contribution in [0.1, 0.15) is 39.2 Å². The number of amides is 2. The Labute approximate surface area is 200 Å². The van der Waals surface area contributed by atoms with Crippen molar-refractivity contribution >= 4 is 47.3 Å². The lowest BCUT2D eigenvalue weighted by molar-refractivity contribution is -0.385. The number of cyclic esters (lactones) is 1. The van der Waals surface area contributed by atoms with Crippen LogP contribution in [0.3, 0.4) is 0 Å². The van der Waals surface area contributed by atoms with Crippen molar-refractivity contribution in [2.75, 3.05) is 17.2 Å². The first-order valence-electron chi connectivity index (χ1n) is 10.3. The number of benzene rings is 2. The molecule has 12 heteroatoms. The predicted molar refractivity (Wildman–Crippen MR) is 127 cm³/mol. The molecule has 0 bridgehead atoms. The van der Waals surface area contributed by atoms with E-state index in [0.717, 1.165) is 16.9 Å². The molecule has 2 N–H and O–H groups in total. The molecule has 0 unspecified atom stereocenters. The highest BCUT2D eigenvalue weighted by Gasteiger charge is 2.36. The Balaban J connectivity index is 1.47. The molecule has 0 saturated heterocycles. The molecule has 0 spiro atoms. The highest BCUT2D eigenvalue weighted by atomic mass is 32.2. The van der Waals surface area contributed by atoms with Crippen LogP contribution in [0.5, 0.6) is 5.75 Å². The molecule has 0 fully saturated rings. The van der Waals surface area contributed by atoms with E-state index in [-0.39, 0.29) is 24.0 Å². The van der Waals surface area contributed by atoms with Crippen molar-refractivity contribution in [1.29, 1.82) is 0 Å². The van der Waals surface area contributed by atoms with Gasteiger partial charge in [-0.1, -0.05) is 5.16 Å². The normalized spacial score (nSPS) is 14.0. The van der Waals surface area contributed by atoms with Crippen LogP contribution in [0.25, 0.3) is 0 Å². The van der Waals surface area contributed by atoms with Gasteiger partial charge in [0, 0.05) is 30.5 Å². The lowest BCUT2D eigenvalue weighted by atomic mass is 9.94. The minimum Gasteiger partial charge on any atom is -0.487 e. The zero-order valence-electron chi connectivity index (χ0n) is 18.8. The van der Waals surface area contributed by atoms with E-state index in [1.807, 2.05) is 0 Å². The molecule has 0 aliphatic carbocycles. The first kappa shape index (κ1) is 24.8. The maximum absolute atomic E-state index is 11.7. The first-order valence-corrected chi connectivity index (χ1v) is 11.1. The van der Waals surface area contributed by atoms with Crippen LogP contribution in [0.2, 0.25) is 0 Å². The van der Waals surface area contributed by atoms with E-state index in [1.54, 1.807) is 44.3 Å². The topological polar surface area (TPSA) is 141 Å². The lowest BCUT2D eigenvalue weighted by Gasteiger charge is -2.32. The maximum atomic E-state index is 11.7. The summed E-state index contributed by atoms with van der Waals surface area (Å²) < 4.78 is 16.1. The molecule has 1 aliphatic rings. The monoisotopic (exact) mass is 488 g/mol. The number of hydrogen-bond donors (Lipinski definition) is 2. The summed E-state index contributed by atoms with van der Waals surface area (Å²) in [4.78, 5) is 34.4. The van der Waals surface area contributed by atoms with Gasteiger partial charge in [-0.2, -0.15) is 0 Å². The van der Waals surface area contributed by atoms with E-state index >= 15 is 0 Å². The van der Waals surface area contributed by atoms with Crippen LogP contribution in [-0.2, 0) is 19.4 Å². The van der Waals surface area contributed by atoms with Gasteiger partial charge in [-0.25, -0.2) is 4.79 Å². The summed E-state index contributed by atoms with van der Waals surface area (Å²) in [5.41, 5.74) is 0.420. The number of nitrogens with one attached hydrogen (secondary N) is 2. The third-order valence-electron chi connectivity index (χ3n) is 4.69. The number of ether oxygens (including phenoxy) is 2. The lowest BCUT2D eigenvalue weighted by Crippen LogP contribution is -2.34. The number of unbranched alkanes of at least 4 members (excludes halogenated alkanes) is 1. The van der Waals surface area contributed by atoms with Gasteiger partial charge in [-0.05, 0) is 57.0 Å². The Morgan fingerprint density at radius 3 is 2.74 bits per heavy atom. The second kappa shape index (κ2) is 10.9. The third-order valence-corrected chi connectivity index (χ3v) is 5.32. The van der Waals surface area contributed by atoms with Crippen molar-refractivity contribution in [1.82, 2.24) is 0 Å². The van der Waals surface area contributed by atoms with E-state index in [4.69, 9.17) is 13.8 Å². The number of nitro benzene ring substituents is 1. The van der Waals surface area contributed by atoms with Crippen LogP contribution < -0.4 is 15.4 Å². The number of oxime groups is 1. The Bertz CT molecular complexity index is 1100. The van der Waals surface area contributed by atoms with Crippen LogP contribution in [0.4, 0.5) is 21.9 Å². The third kappa shape index (κ3) is 6.61. The quantitative estimate of drug-likeness (QED) is 0.152. The molecule has 3 rings (SSSR count). The second-order valence-corrected chi connectivity index (χ2v) is 8.58. The number of hydrogen-bond acceptors (Lipinski definition) is 9. The number of carbonyl (C=O) groups excluding carboxylic acids is 2. The van der Waals surface area contributed by atoms with Gasteiger partial charge in [0.1, 0.15) is 17.6 Å². The molecule has 1 aliphatic heterocycles. The van der Waals surface area contributed by atoms with E-state index in [2.05, 4.69) is 15.8 Å². The zero-order chi connectivity index (χ0) is 24.7. The van der Waals surface area contributed by atoms with Crippen molar-refractivity contribution in [3.63, 3.8) is 0 Å². The molecule has 2 aromatic carbocycles. The molecule has 1 heterocycles. The van der Waals surface area contributed by atoms with Crippen LogP contribution in [0, 0.1) is 10.1 Å². The molecule has 2 amide bonds. The zero-order valence-corrected chi connectivity index (χ0v) is 19.6. The molecule has 0 aromatic heterocycles. The summed E-state index contributed by atoms with van der Waals surface area (Å²) in [6, 6.07) is 9.91. The van der Waals surface area contributed by atoms with Crippen molar-refractivity contribution in [3.05, 3.63) is 52.1 Å². The number of fused-ring (bicyclic) bond motifs is 1. The summed E-state index contributed by atoms with van der Waals surface area (Å²) in [7, 11) is 0. The number of carbonyl (C=O) groups is 2. The maximum Gasteiger partial charge on any atom is 0.412 e. The standard InChI is InChI=1S/C22H24N4O7S/c1-14(27)24-15-6-8-16(9-7-15)34-33-23-10-4-5-11-31-20-12-17-18(13-19(20)26(29)30)25-21(28)32-22(17,2)3/h6-10,12-13H,4-5,11H2,1-3H3,(H,24,27)(H,25,28). The summed E-state index contributed by atoms with van der Waals surface area (Å²) in [5.74, 6) is -0.0409. The number of rotatable bonds is 10. The SMILES string of the molecule is CC(=O)Nc1ccc(SON=CCCCOc2cc3c(cc2[N+](=O)[O-])NC(=O)OC3(C)C)cc1. The van der Waals surface area contributed by atoms with Crippen LogP contribution in [0.15, 0.2) is 46.4 Å². The molecule has 34 heavy (non-hydrogen) atoms. The van der Waals surface area contributed by atoms with Gasteiger partial charge in [0.25, 0.3) is 0 Å². The fourth-order valence-electron chi connectivity index (χ4n) is 3.15. The van der Waals surface area contributed by atoms with Crippen molar-refractivity contribution in [3.8, 4) is 5.75 Å². The average molecular weight is 489 g/mol. The fraction of sp³-hybridized carbons (Fsp3) is 0.318. The first-order chi connectivity index (χ1) is 16.2. The second-order valence-electron chi connectivity index (χ2n) is 7.79. The van der Waals surface area contributed by atoms with Gasteiger partial charge < -0.3 is 19.1 Å². The Morgan fingerprint density at radius 1 is 1.32 bits per heavy atom. The summed E-state index contributed by atoms with van der Waals surface area (Å²) in [5, 5.41) is 20.5. The van der Waals surface area contributed by atoms with Gasteiger partial charge in [-0.15, -0.1) is 0 Å². The molecule has 2 aromatic rings. The van der Waals surface area contributed by atoms with Crippen molar-refractivity contribution in [2.45, 2.75) is 44.1 Å². The Morgan fingerprint density at radius 2 is 2.06 bits per heavy atom. The highest BCUT2D eigenvalue weighted by molar-refractivity contribution is 7.94. The molecular formula is C22H24N4O7S. The Hall–Kier alpha value is -3.80. The summed E-state index contributed by atoms with van der Waals surface area (Å²) in [6.45, 7) is 5.06. The smallest absolute Gasteiger partial charge is 0.412 e. The van der Waals surface area contributed by atoms with Gasteiger partial charge in [0.2, 0.25) is 5.91 Å². The van der Waals surface area contributed by atoms with Crippen LogP contribution >= 0.6 is 12.0 Å². The minimum atomic E-state index is -0.948. The van der Waals surface area contributed by atoms with Gasteiger partial charge in [0.15, 0.2) is 5.75 Å². The Kier molecular flexibility index (Phi) is 7.95. The van der Waals surface area contributed by atoms with E-state index in [9.17, 15) is 19.7 Å². The molecule has 0 saturated carbocycles. The van der Waals surface area contributed by atoms with E-state index in [1.165, 1.54) is 19.1 Å². The van der Waals surface area contributed by atoms with E-state index < -0.39 is 16.6 Å². The van der Waals surface area contributed by atoms with Crippen molar-refractivity contribution < 1.29 is 28.3 Å². The molecule has 0 atom stereocenters. The van der Waals surface area contributed by atoms with E-state index in [0.29, 0.717) is 29.8 Å². The summed E-state index contributed by atoms with van der Waals surface area (Å²) >= 11 is 1.07. The molecule has 0 radical (unpaired) electrons. The molecular weight excluding hydrogens is 464 g/mol. The van der Waals surface area contributed by atoms with Gasteiger partial charge in [0.05, 0.1) is 22.1 Å². The number of anilines is 2. The fourth-order valence-corrected chi connectivity index (χ4v) is 3.59. The number of nitro groups is 1. The molecule has 11 nitrogen and oxygen atoms in total. The highest BCUT2D eigenvalue weighted by Crippen LogP contribution is 2.42. The van der Waals surface area contributed by atoms with Crippen molar-refractivity contribution in [2.24, 2.45) is 5.16 Å². The number of nitrogens with zero attached hydrogens (tertiary/aromatic N) is 2. The average Bonchev–Trinajstić information content (AvgIpc) is 2.75. The summed E-state index contributed by atoms with van der Waals surface area (Å²) in [6.07, 6.45) is 2.00.